The maximum atomic E-state index is 11.3. The van der Waals surface area contributed by atoms with Crippen molar-refractivity contribution in [3.8, 4) is 0 Å². The van der Waals surface area contributed by atoms with Crippen LogP contribution in [-0.4, -0.2) is 40.2 Å². The summed E-state index contributed by atoms with van der Waals surface area (Å²) in [5, 5.41) is 0. The largest absolute Gasteiger partial charge is 0.345 e. The number of hydrogen-bond acceptors (Lipinski definition) is 6. The molecule has 1 aromatic heterocycles. The molecule has 0 saturated heterocycles. The maximum absolute atomic E-state index is 11.3. The lowest BCUT2D eigenvalue weighted by atomic mass is 10.2. The molecule has 2 rings (SSSR count). The quantitative estimate of drug-likeness (QED) is 0.610. The average Bonchev–Trinajstić information content (AvgIpc) is 2.79. The van der Waals surface area contributed by atoms with E-state index < -0.39 is 6.04 Å². The topological polar surface area (TPSA) is 85.7 Å². The number of carbonyl (C=O) groups excluding carboxylic acids is 1. The van der Waals surface area contributed by atoms with Crippen molar-refractivity contribution in [2.24, 2.45) is 10.9 Å². The van der Waals surface area contributed by atoms with Gasteiger partial charge in [-0.15, -0.1) is 0 Å². The van der Waals surface area contributed by atoms with Gasteiger partial charge in [0.25, 0.3) is 0 Å². The zero-order valence-electron chi connectivity index (χ0n) is 10.5. The predicted octanol–water partition coefficient (Wildman–Crippen LogP) is 0.570. The number of rotatable bonds is 5. The molecule has 98 valence electrons. The molecule has 18 heavy (non-hydrogen) atoms. The van der Waals surface area contributed by atoms with Crippen LogP contribution < -0.4 is 5.90 Å². The molecule has 0 aromatic carbocycles. The number of carbonyl (C=O) groups is 1. The van der Waals surface area contributed by atoms with Crippen molar-refractivity contribution < 1.29 is 9.63 Å². The van der Waals surface area contributed by atoms with E-state index in [0.717, 1.165) is 12.1 Å². The molecule has 0 amide bonds. The Hall–Kier alpha value is -1.73. The van der Waals surface area contributed by atoms with Crippen molar-refractivity contribution in [3.05, 3.63) is 12.0 Å². The number of nitrogens with zero attached hydrogens (tertiary/aromatic N) is 4. The molecule has 0 fully saturated rings. The molecular weight excluding hydrogens is 234 g/mol. The Bertz CT molecular complexity index is 454. The van der Waals surface area contributed by atoms with Crippen molar-refractivity contribution >= 4 is 18.4 Å². The summed E-state index contributed by atoms with van der Waals surface area (Å²) in [4.78, 5) is 26.2. The molecular formula is C11H17N5O2. The van der Waals surface area contributed by atoms with Crippen LogP contribution in [-0.2, 0) is 9.63 Å². The maximum Gasteiger partial charge on any atom is 0.160 e. The first-order chi connectivity index (χ1) is 8.69. The first-order valence-corrected chi connectivity index (χ1v) is 5.82. The van der Waals surface area contributed by atoms with E-state index >= 15 is 0 Å². The van der Waals surface area contributed by atoms with Gasteiger partial charge in [0.15, 0.2) is 5.82 Å². The van der Waals surface area contributed by atoms with Crippen LogP contribution in [0.2, 0.25) is 0 Å². The molecule has 7 nitrogen and oxygen atoms in total. The third-order valence-electron chi connectivity index (χ3n) is 2.91. The highest BCUT2D eigenvalue weighted by molar-refractivity contribution is 5.75. The lowest BCUT2D eigenvalue weighted by Crippen LogP contribution is -2.34. The van der Waals surface area contributed by atoms with E-state index in [-0.39, 0.29) is 6.04 Å². The van der Waals surface area contributed by atoms with Gasteiger partial charge in [-0.05, 0) is 13.8 Å². The minimum atomic E-state index is -0.423. The van der Waals surface area contributed by atoms with Crippen molar-refractivity contribution in [1.82, 2.24) is 14.5 Å². The van der Waals surface area contributed by atoms with Gasteiger partial charge < -0.3 is 19.1 Å². The van der Waals surface area contributed by atoms with E-state index in [1.165, 1.54) is 0 Å². The highest BCUT2D eigenvalue weighted by Crippen LogP contribution is 2.32. The molecule has 0 saturated carbocycles. The second kappa shape index (κ2) is 5.28. The van der Waals surface area contributed by atoms with Crippen molar-refractivity contribution in [3.63, 3.8) is 0 Å². The summed E-state index contributed by atoms with van der Waals surface area (Å²) in [5.74, 6) is 5.73. The summed E-state index contributed by atoms with van der Waals surface area (Å²) in [6.45, 7) is 4.91. The molecule has 1 atom stereocenters. The van der Waals surface area contributed by atoms with Gasteiger partial charge in [-0.25, -0.2) is 15.9 Å². The molecule has 0 bridgehead atoms. The number of nitrogens with two attached hydrogens (primary N) is 1. The van der Waals surface area contributed by atoms with Crippen LogP contribution in [0.4, 0.5) is 5.82 Å². The molecule has 1 aromatic rings. The van der Waals surface area contributed by atoms with Crippen LogP contribution in [0.1, 0.15) is 31.6 Å². The standard InChI is InChI=1S/C11H17N5O2/c1-8(2)16-7-13-10-9(5-17)15(3-4-18-12)6-14-11(10)16/h5-9H,3-4,12H2,1-2H3. The third-order valence-corrected chi connectivity index (χ3v) is 2.91. The minimum absolute atomic E-state index is 0.254. The first kappa shape index (κ1) is 12.7. The van der Waals surface area contributed by atoms with Gasteiger partial charge in [-0.3, -0.25) is 0 Å². The monoisotopic (exact) mass is 251 g/mol. The average molecular weight is 251 g/mol. The molecule has 1 aliphatic heterocycles. The van der Waals surface area contributed by atoms with Crippen LogP contribution in [0, 0.1) is 0 Å². The molecule has 2 heterocycles. The van der Waals surface area contributed by atoms with Crippen LogP contribution in [0.3, 0.4) is 0 Å². The normalized spacial score (nSPS) is 18.2. The number of hydrogen-bond donors (Lipinski definition) is 1. The highest BCUT2D eigenvalue weighted by Gasteiger charge is 2.28. The Morgan fingerprint density at radius 3 is 3.00 bits per heavy atom. The van der Waals surface area contributed by atoms with Crippen LogP contribution >= 0.6 is 0 Å². The van der Waals surface area contributed by atoms with Gasteiger partial charge >= 0.3 is 0 Å². The van der Waals surface area contributed by atoms with Gasteiger partial charge in [0.05, 0.1) is 19.3 Å². The fourth-order valence-electron chi connectivity index (χ4n) is 1.94. The van der Waals surface area contributed by atoms with Crippen molar-refractivity contribution in [2.75, 3.05) is 13.2 Å². The van der Waals surface area contributed by atoms with E-state index in [4.69, 9.17) is 5.90 Å². The van der Waals surface area contributed by atoms with E-state index in [2.05, 4.69) is 14.8 Å². The molecule has 1 unspecified atom stereocenters. The smallest absolute Gasteiger partial charge is 0.160 e. The van der Waals surface area contributed by atoms with Gasteiger partial charge in [-0.1, -0.05) is 0 Å². The van der Waals surface area contributed by atoms with E-state index in [1.807, 2.05) is 18.4 Å². The summed E-state index contributed by atoms with van der Waals surface area (Å²) >= 11 is 0. The highest BCUT2D eigenvalue weighted by atomic mass is 16.6. The summed E-state index contributed by atoms with van der Waals surface area (Å²) in [5.41, 5.74) is 0.679. The SMILES string of the molecule is CC(C)n1cnc2c1N=CN(CCON)C2C=O. The number of aldehydes is 1. The Morgan fingerprint density at radius 1 is 1.61 bits per heavy atom. The lowest BCUT2D eigenvalue weighted by Gasteiger charge is -2.28. The Morgan fingerprint density at radius 2 is 2.39 bits per heavy atom. The van der Waals surface area contributed by atoms with Crippen LogP contribution in [0.5, 0.6) is 0 Å². The number of aliphatic imine (C=N–C) groups is 1. The van der Waals surface area contributed by atoms with Crippen LogP contribution in [0.25, 0.3) is 0 Å². The van der Waals surface area contributed by atoms with E-state index in [0.29, 0.717) is 18.8 Å². The first-order valence-electron chi connectivity index (χ1n) is 5.82. The molecule has 0 radical (unpaired) electrons. The fourth-order valence-corrected chi connectivity index (χ4v) is 1.94. The van der Waals surface area contributed by atoms with Gasteiger partial charge in [0.1, 0.15) is 18.0 Å². The number of aromatic nitrogens is 2. The fraction of sp³-hybridized carbons (Fsp3) is 0.545. The van der Waals surface area contributed by atoms with Gasteiger partial charge in [0, 0.05) is 12.6 Å². The second-order valence-corrected chi connectivity index (χ2v) is 4.39. The van der Waals surface area contributed by atoms with Crippen LogP contribution in [0.15, 0.2) is 11.3 Å². The number of fused-ring (bicyclic) bond motifs is 1. The Kier molecular flexibility index (Phi) is 3.73. The lowest BCUT2D eigenvalue weighted by molar-refractivity contribution is -0.111. The van der Waals surface area contributed by atoms with E-state index in [9.17, 15) is 4.79 Å². The summed E-state index contributed by atoms with van der Waals surface area (Å²) in [7, 11) is 0. The molecule has 0 aliphatic carbocycles. The van der Waals surface area contributed by atoms with Gasteiger partial charge in [0.2, 0.25) is 0 Å². The zero-order chi connectivity index (χ0) is 13.1. The van der Waals surface area contributed by atoms with E-state index in [1.54, 1.807) is 17.6 Å². The summed E-state index contributed by atoms with van der Waals surface area (Å²) in [6, 6.07) is -0.169. The van der Waals surface area contributed by atoms with Gasteiger partial charge in [-0.2, -0.15) is 0 Å². The van der Waals surface area contributed by atoms with Crippen molar-refractivity contribution in [1.29, 1.82) is 0 Å². The van der Waals surface area contributed by atoms with Crippen molar-refractivity contribution in [2.45, 2.75) is 25.9 Å². The Labute approximate surface area is 105 Å². The predicted molar refractivity (Wildman–Crippen MR) is 66.4 cm³/mol. The molecule has 1 aliphatic rings. The Balaban J connectivity index is 2.30. The zero-order valence-corrected chi connectivity index (χ0v) is 10.5. The number of imidazole rings is 1. The summed E-state index contributed by atoms with van der Waals surface area (Å²) in [6.07, 6.45) is 4.21. The third kappa shape index (κ3) is 2.14. The minimum Gasteiger partial charge on any atom is -0.345 e. The molecule has 7 heteroatoms. The molecule has 0 spiro atoms. The molecule has 2 N–H and O–H groups in total. The second-order valence-electron chi connectivity index (χ2n) is 4.39. The summed E-state index contributed by atoms with van der Waals surface area (Å²) < 4.78 is 1.94.